The minimum Gasteiger partial charge on any atom is -0.385 e. The molecule has 1 aromatic heterocycles. The van der Waals surface area contributed by atoms with Crippen LogP contribution in [0.1, 0.15) is 24.7 Å². The fourth-order valence-corrected chi connectivity index (χ4v) is 1.88. The molecule has 0 spiro atoms. The summed E-state index contributed by atoms with van der Waals surface area (Å²) in [5.74, 6) is 2.79. The maximum Gasteiger partial charge on any atom is 0.137 e. The zero-order valence-corrected chi connectivity index (χ0v) is 12.1. The normalized spacial score (nSPS) is 10.5. The summed E-state index contributed by atoms with van der Waals surface area (Å²) in [6.07, 6.45) is 1.83. The molecule has 0 aromatic carbocycles. The second kappa shape index (κ2) is 7.16. The lowest BCUT2D eigenvalue weighted by atomic mass is 10.2. The topological polar surface area (TPSA) is 50.3 Å². The molecule has 0 bridgehead atoms. The Bertz CT molecular complexity index is 381. The van der Waals surface area contributed by atoms with Crippen molar-refractivity contribution in [2.24, 2.45) is 0 Å². The fourth-order valence-electron chi connectivity index (χ4n) is 1.88. The monoisotopic (exact) mass is 252 g/mol. The highest BCUT2D eigenvalue weighted by atomic mass is 16.5. The number of methoxy groups -OCH3 is 1. The minimum atomic E-state index is 0.772. The van der Waals surface area contributed by atoms with Crippen molar-refractivity contribution in [3.8, 4) is 0 Å². The first-order chi connectivity index (χ1) is 8.63. The van der Waals surface area contributed by atoms with E-state index in [1.807, 2.05) is 14.0 Å². The van der Waals surface area contributed by atoms with Crippen LogP contribution in [-0.4, -0.2) is 44.3 Å². The van der Waals surface area contributed by atoms with E-state index in [1.54, 1.807) is 7.11 Å². The van der Waals surface area contributed by atoms with Crippen LogP contribution in [0, 0.1) is 6.92 Å². The number of rotatable bonds is 7. The van der Waals surface area contributed by atoms with Crippen LogP contribution in [0.5, 0.6) is 0 Å². The van der Waals surface area contributed by atoms with Gasteiger partial charge < -0.3 is 15.0 Å². The average molecular weight is 252 g/mol. The SMILES string of the molecule is CCc1nc(NC)c(C)c(N(C)CCCOC)n1. The van der Waals surface area contributed by atoms with Crippen LogP contribution in [-0.2, 0) is 11.2 Å². The maximum absolute atomic E-state index is 5.08. The zero-order valence-electron chi connectivity index (χ0n) is 12.1. The van der Waals surface area contributed by atoms with Gasteiger partial charge in [-0.05, 0) is 13.3 Å². The van der Waals surface area contributed by atoms with Crippen LogP contribution in [0.15, 0.2) is 0 Å². The number of anilines is 2. The van der Waals surface area contributed by atoms with Crippen LogP contribution < -0.4 is 10.2 Å². The van der Waals surface area contributed by atoms with Crippen LogP contribution in [0.25, 0.3) is 0 Å². The molecule has 5 nitrogen and oxygen atoms in total. The molecule has 1 aromatic rings. The number of nitrogens with one attached hydrogen (secondary N) is 1. The van der Waals surface area contributed by atoms with E-state index in [4.69, 9.17) is 4.74 Å². The van der Waals surface area contributed by atoms with Gasteiger partial charge >= 0.3 is 0 Å². The Kier molecular flexibility index (Phi) is 5.85. The van der Waals surface area contributed by atoms with Crippen molar-refractivity contribution in [3.05, 3.63) is 11.4 Å². The van der Waals surface area contributed by atoms with Gasteiger partial charge in [-0.1, -0.05) is 6.92 Å². The summed E-state index contributed by atoms with van der Waals surface area (Å²) in [6.45, 7) is 5.82. The lowest BCUT2D eigenvalue weighted by Crippen LogP contribution is -2.23. The van der Waals surface area contributed by atoms with Crippen molar-refractivity contribution >= 4 is 11.6 Å². The molecule has 1 rings (SSSR count). The Labute approximate surface area is 110 Å². The number of ether oxygens (including phenoxy) is 1. The summed E-state index contributed by atoms with van der Waals surface area (Å²) in [6, 6.07) is 0. The van der Waals surface area contributed by atoms with Crippen LogP contribution in [0.2, 0.25) is 0 Å². The van der Waals surface area contributed by atoms with E-state index >= 15 is 0 Å². The van der Waals surface area contributed by atoms with E-state index < -0.39 is 0 Å². The van der Waals surface area contributed by atoms with Gasteiger partial charge in [-0.25, -0.2) is 9.97 Å². The first-order valence-corrected chi connectivity index (χ1v) is 6.39. The first-order valence-electron chi connectivity index (χ1n) is 6.39. The molecule has 0 aliphatic rings. The Balaban J connectivity index is 2.91. The number of hydrogen-bond acceptors (Lipinski definition) is 5. The summed E-state index contributed by atoms with van der Waals surface area (Å²) in [5.41, 5.74) is 1.09. The van der Waals surface area contributed by atoms with Gasteiger partial charge in [0, 0.05) is 46.3 Å². The summed E-state index contributed by atoms with van der Waals surface area (Å²) in [7, 11) is 5.68. The van der Waals surface area contributed by atoms with Crippen LogP contribution in [0.3, 0.4) is 0 Å². The smallest absolute Gasteiger partial charge is 0.137 e. The lowest BCUT2D eigenvalue weighted by molar-refractivity contribution is 0.196. The summed E-state index contributed by atoms with van der Waals surface area (Å²) in [4.78, 5) is 11.2. The number of aryl methyl sites for hydroxylation is 1. The van der Waals surface area contributed by atoms with Gasteiger partial charge in [0.05, 0.1) is 0 Å². The fraction of sp³-hybridized carbons (Fsp3) is 0.692. The maximum atomic E-state index is 5.08. The summed E-state index contributed by atoms with van der Waals surface area (Å²) < 4.78 is 5.08. The third kappa shape index (κ3) is 3.57. The Morgan fingerprint density at radius 2 is 2.06 bits per heavy atom. The predicted octanol–water partition coefficient (Wildman–Crippen LogP) is 1.86. The molecule has 0 amide bonds. The van der Waals surface area contributed by atoms with Gasteiger partial charge in [0.2, 0.25) is 0 Å². The van der Waals surface area contributed by atoms with Crippen molar-refractivity contribution in [3.63, 3.8) is 0 Å². The molecule has 0 saturated heterocycles. The lowest BCUT2D eigenvalue weighted by Gasteiger charge is -2.22. The Morgan fingerprint density at radius 1 is 1.33 bits per heavy atom. The van der Waals surface area contributed by atoms with Crippen LogP contribution in [0.4, 0.5) is 11.6 Å². The third-order valence-corrected chi connectivity index (χ3v) is 2.92. The van der Waals surface area contributed by atoms with Gasteiger partial charge in [-0.15, -0.1) is 0 Å². The quantitative estimate of drug-likeness (QED) is 0.751. The molecule has 0 unspecified atom stereocenters. The Morgan fingerprint density at radius 3 is 2.61 bits per heavy atom. The van der Waals surface area contributed by atoms with Gasteiger partial charge in [0.15, 0.2) is 0 Å². The second-order valence-electron chi connectivity index (χ2n) is 4.31. The van der Waals surface area contributed by atoms with E-state index in [9.17, 15) is 0 Å². The predicted molar refractivity (Wildman–Crippen MR) is 75.5 cm³/mol. The third-order valence-electron chi connectivity index (χ3n) is 2.92. The molecule has 0 aliphatic carbocycles. The Hall–Kier alpha value is -1.36. The van der Waals surface area contributed by atoms with E-state index in [1.165, 1.54) is 0 Å². The number of aromatic nitrogens is 2. The minimum absolute atomic E-state index is 0.772. The van der Waals surface area contributed by atoms with Crippen LogP contribution >= 0.6 is 0 Å². The molecule has 1 N–H and O–H groups in total. The molecule has 0 radical (unpaired) electrons. The van der Waals surface area contributed by atoms with Crippen molar-refractivity contribution < 1.29 is 4.74 Å². The molecule has 0 saturated carbocycles. The molecular weight excluding hydrogens is 228 g/mol. The highest BCUT2D eigenvalue weighted by Gasteiger charge is 2.12. The molecule has 0 atom stereocenters. The largest absolute Gasteiger partial charge is 0.385 e. The average Bonchev–Trinajstić information content (AvgIpc) is 2.39. The zero-order chi connectivity index (χ0) is 13.5. The van der Waals surface area contributed by atoms with Crippen molar-refractivity contribution in [2.45, 2.75) is 26.7 Å². The standard InChI is InChI=1S/C13H24N4O/c1-6-11-15-12(14-3)10(2)13(16-11)17(4)8-7-9-18-5/h6-9H2,1-5H3,(H,14,15,16). The van der Waals surface area contributed by atoms with E-state index in [0.29, 0.717) is 0 Å². The van der Waals surface area contributed by atoms with Gasteiger partial charge in [-0.3, -0.25) is 0 Å². The summed E-state index contributed by atoms with van der Waals surface area (Å²) >= 11 is 0. The van der Waals surface area contributed by atoms with E-state index in [0.717, 1.165) is 49.0 Å². The molecular formula is C13H24N4O. The van der Waals surface area contributed by atoms with Crippen molar-refractivity contribution in [1.82, 2.24) is 9.97 Å². The highest BCUT2D eigenvalue weighted by molar-refractivity contribution is 5.58. The van der Waals surface area contributed by atoms with Gasteiger partial charge in [0.25, 0.3) is 0 Å². The van der Waals surface area contributed by atoms with E-state index in [-0.39, 0.29) is 0 Å². The summed E-state index contributed by atoms with van der Waals surface area (Å²) in [5, 5.41) is 3.13. The van der Waals surface area contributed by atoms with Crippen molar-refractivity contribution in [1.29, 1.82) is 0 Å². The number of hydrogen-bond donors (Lipinski definition) is 1. The molecule has 0 aliphatic heterocycles. The van der Waals surface area contributed by atoms with E-state index in [2.05, 4.69) is 34.2 Å². The van der Waals surface area contributed by atoms with Gasteiger partial charge in [0.1, 0.15) is 17.5 Å². The molecule has 0 fully saturated rings. The van der Waals surface area contributed by atoms with Gasteiger partial charge in [-0.2, -0.15) is 0 Å². The molecule has 1 heterocycles. The number of nitrogens with zero attached hydrogens (tertiary/aromatic N) is 3. The van der Waals surface area contributed by atoms with Crippen molar-refractivity contribution in [2.75, 3.05) is 44.6 Å². The highest BCUT2D eigenvalue weighted by Crippen LogP contribution is 2.22. The molecule has 102 valence electrons. The molecule has 18 heavy (non-hydrogen) atoms. The first kappa shape index (κ1) is 14.7. The molecule has 5 heteroatoms. The second-order valence-corrected chi connectivity index (χ2v) is 4.31.